The van der Waals surface area contributed by atoms with E-state index in [4.69, 9.17) is 21.1 Å². The molecular weight excluding hydrogens is 482 g/mol. The average molecular weight is 502 g/mol. The molecule has 9 nitrogen and oxygen atoms in total. The zero-order chi connectivity index (χ0) is 24.6. The average Bonchev–Trinajstić information content (AvgIpc) is 2.84. The number of esters is 1. The highest BCUT2D eigenvalue weighted by Crippen LogP contribution is 2.28. The predicted octanol–water partition coefficient (Wildman–Crippen LogP) is 3.00. The number of sulfonamides is 1. The second-order valence-electron chi connectivity index (χ2n) is 6.74. The monoisotopic (exact) mass is 501 g/mol. The molecule has 0 aliphatic rings. The SMILES string of the molecule is COc1cc(/C=N\NC(=O)CNS(=O)(=O)c2ccccc2)ccc1OC(=O)c1ccc(Cl)cc1. The van der Waals surface area contributed by atoms with Crippen molar-refractivity contribution in [2.45, 2.75) is 4.90 Å². The predicted molar refractivity (Wildman–Crippen MR) is 127 cm³/mol. The van der Waals surface area contributed by atoms with Gasteiger partial charge in [0.05, 0.1) is 30.3 Å². The molecule has 0 heterocycles. The van der Waals surface area contributed by atoms with Crippen LogP contribution in [-0.4, -0.2) is 40.2 Å². The number of carbonyl (C=O) groups is 2. The van der Waals surface area contributed by atoms with Crippen molar-refractivity contribution in [3.05, 3.63) is 88.9 Å². The number of nitrogens with zero attached hydrogens (tertiary/aromatic N) is 1. The number of hydrogen-bond donors (Lipinski definition) is 2. The third kappa shape index (κ3) is 6.88. The molecule has 1 amide bonds. The van der Waals surface area contributed by atoms with Crippen LogP contribution in [0.5, 0.6) is 11.5 Å². The number of methoxy groups -OCH3 is 1. The number of nitrogens with one attached hydrogen (secondary N) is 2. The first-order chi connectivity index (χ1) is 16.3. The summed E-state index contributed by atoms with van der Waals surface area (Å²) in [6, 6.07) is 18.6. The van der Waals surface area contributed by atoms with E-state index in [1.54, 1.807) is 54.6 Å². The molecule has 0 bridgehead atoms. The highest BCUT2D eigenvalue weighted by Gasteiger charge is 2.15. The van der Waals surface area contributed by atoms with E-state index in [9.17, 15) is 18.0 Å². The van der Waals surface area contributed by atoms with Crippen LogP contribution in [0.3, 0.4) is 0 Å². The highest BCUT2D eigenvalue weighted by molar-refractivity contribution is 7.89. The van der Waals surface area contributed by atoms with E-state index < -0.39 is 28.4 Å². The maximum absolute atomic E-state index is 12.3. The molecule has 0 spiro atoms. The van der Waals surface area contributed by atoms with Gasteiger partial charge in [0, 0.05) is 5.02 Å². The van der Waals surface area contributed by atoms with E-state index in [1.807, 2.05) is 0 Å². The molecule has 176 valence electrons. The number of carbonyl (C=O) groups excluding carboxylic acids is 2. The Morgan fingerprint density at radius 1 is 1.00 bits per heavy atom. The lowest BCUT2D eigenvalue weighted by atomic mass is 10.2. The normalized spacial score (nSPS) is 11.2. The first kappa shape index (κ1) is 24.9. The molecule has 0 aliphatic heterocycles. The Kier molecular flexibility index (Phi) is 8.36. The molecule has 0 aliphatic carbocycles. The van der Waals surface area contributed by atoms with Gasteiger partial charge in [0.2, 0.25) is 10.0 Å². The molecule has 0 aromatic heterocycles. The lowest BCUT2D eigenvalue weighted by molar-refractivity contribution is -0.119. The molecule has 3 rings (SSSR count). The molecule has 0 radical (unpaired) electrons. The van der Waals surface area contributed by atoms with Crippen LogP contribution < -0.4 is 19.6 Å². The fraction of sp³-hybridized carbons (Fsp3) is 0.0870. The second-order valence-corrected chi connectivity index (χ2v) is 8.94. The molecule has 0 fully saturated rings. The Morgan fingerprint density at radius 3 is 2.38 bits per heavy atom. The van der Waals surface area contributed by atoms with Crippen LogP contribution in [0.2, 0.25) is 5.02 Å². The summed E-state index contributed by atoms with van der Waals surface area (Å²) >= 11 is 5.82. The molecule has 0 saturated heterocycles. The highest BCUT2D eigenvalue weighted by atomic mass is 35.5. The Bertz CT molecular complexity index is 1300. The van der Waals surface area contributed by atoms with Gasteiger partial charge in [0.15, 0.2) is 11.5 Å². The summed E-state index contributed by atoms with van der Waals surface area (Å²) in [7, 11) is -2.39. The van der Waals surface area contributed by atoms with E-state index in [1.165, 1.54) is 31.5 Å². The second kappa shape index (κ2) is 11.4. The van der Waals surface area contributed by atoms with Gasteiger partial charge in [-0.15, -0.1) is 0 Å². The van der Waals surface area contributed by atoms with Crippen LogP contribution in [0.4, 0.5) is 0 Å². The van der Waals surface area contributed by atoms with Gasteiger partial charge in [-0.1, -0.05) is 29.8 Å². The van der Waals surface area contributed by atoms with Crippen molar-refractivity contribution in [2.24, 2.45) is 5.10 Å². The maximum Gasteiger partial charge on any atom is 0.343 e. The van der Waals surface area contributed by atoms with Crippen molar-refractivity contribution in [3.63, 3.8) is 0 Å². The number of amides is 1. The van der Waals surface area contributed by atoms with Gasteiger partial charge < -0.3 is 9.47 Å². The third-order valence-electron chi connectivity index (χ3n) is 4.35. The van der Waals surface area contributed by atoms with E-state index >= 15 is 0 Å². The molecule has 11 heteroatoms. The van der Waals surface area contributed by atoms with E-state index in [0.717, 1.165) is 0 Å². The molecule has 3 aromatic rings. The van der Waals surface area contributed by atoms with Gasteiger partial charge in [-0.25, -0.2) is 23.4 Å². The molecule has 0 unspecified atom stereocenters. The summed E-state index contributed by atoms with van der Waals surface area (Å²) in [4.78, 5) is 24.3. The maximum atomic E-state index is 12.3. The summed E-state index contributed by atoms with van der Waals surface area (Å²) in [6.07, 6.45) is 1.33. The minimum atomic E-state index is -3.81. The molecule has 3 aromatic carbocycles. The zero-order valence-electron chi connectivity index (χ0n) is 17.9. The largest absolute Gasteiger partial charge is 0.493 e. The lowest BCUT2D eigenvalue weighted by Gasteiger charge is -2.10. The number of halogens is 1. The third-order valence-corrected chi connectivity index (χ3v) is 6.02. The lowest BCUT2D eigenvalue weighted by Crippen LogP contribution is -2.34. The minimum absolute atomic E-state index is 0.0512. The zero-order valence-corrected chi connectivity index (χ0v) is 19.5. The van der Waals surface area contributed by atoms with Crippen LogP contribution in [0, 0.1) is 0 Å². The van der Waals surface area contributed by atoms with Crippen molar-refractivity contribution >= 4 is 39.7 Å². The van der Waals surface area contributed by atoms with Gasteiger partial charge in [-0.05, 0) is 60.2 Å². The summed E-state index contributed by atoms with van der Waals surface area (Å²) in [5.41, 5.74) is 3.09. The van der Waals surface area contributed by atoms with E-state index in [2.05, 4.69) is 15.2 Å². The van der Waals surface area contributed by atoms with Crippen LogP contribution in [0.1, 0.15) is 15.9 Å². The van der Waals surface area contributed by atoms with E-state index in [0.29, 0.717) is 16.1 Å². The number of ether oxygens (including phenoxy) is 2. The van der Waals surface area contributed by atoms with Crippen molar-refractivity contribution in [1.82, 2.24) is 10.1 Å². The van der Waals surface area contributed by atoms with Gasteiger partial charge >= 0.3 is 5.97 Å². The molecule has 34 heavy (non-hydrogen) atoms. The summed E-state index contributed by atoms with van der Waals surface area (Å²) in [5, 5.41) is 4.30. The van der Waals surface area contributed by atoms with Crippen LogP contribution in [0.15, 0.2) is 82.8 Å². The Morgan fingerprint density at radius 2 is 1.71 bits per heavy atom. The summed E-state index contributed by atoms with van der Waals surface area (Å²) < 4.78 is 37.1. The quantitative estimate of drug-likeness (QED) is 0.201. The number of benzene rings is 3. The van der Waals surface area contributed by atoms with Gasteiger partial charge in [0.25, 0.3) is 5.91 Å². The fourth-order valence-corrected chi connectivity index (χ4v) is 3.78. The minimum Gasteiger partial charge on any atom is -0.493 e. The van der Waals surface area contributed by atoms with Crippen molar-refractivity contribution in [1.29, 1.82) is 0 Å². The molecular formula is C23H20ClN3O6S. The standard InChI is InChI=1S/C23H20ClN3O6S/c1-32-21-13-16(7-12-20(21)33-23(29)17-8-10-18(24)11-9-17)14-25-27-22(28)15-26-34(30,31)19-5-3-2-4-6-19/h2-14,26H,15H2,1H3,(H,27,28)/b25-14-. The number of rotatable bonds is 9. The summed E-state index contributed by atoms with van der Waals surface area (Å²) in [5.74, 6) is -0.773. The smallest absolute Gasteiger partial charge is 0.343 e. The molecule has 0 saturated carbocycles. The van der Waals surface area contributed by atoms with Crippen molar-refractivity contribution in [3.8, 4) is 11.5 Å². The van der Waals surface area contributed by atoms with Gasteiger partial charge in [-0.3, -0.25) is 4.79 Å². The Balaban J connectivity index is 1.57. The number of hydrogen-bond acceptors (Lipinski definition) is 7. The summed E-state index contributed by atoms with van der Waals surface area (Å²) in [6.45, 7) is -0.489. The number of hydrazone groups is 1. The van der Waals surface area contributed by atoms with Crippen LogP contribution in [0.25, 0.3) is 0 Å². The van der Waals surface area contributed by atoms with Gasteiger partial charge in [-0.2, -0.15) is 5.10 Å². The Hall–Kier alpha value is -3.73. The van der Waals surface area contributed by atoms with Gasteiger partial charge in [0.1, 0.15) is 0 Å². The van der Waals surface area contributed by atoms with Crippen LogP contribution in [-0.2, 0) is 14.8 Å². The van der Waals surface area contributed by atoms with Crippen molar-refractivity contribution < 1.29 is 27.5 Å². The first-order valence-corrected chi connectivity index (χ1v) is 11.7. The fourth-order valence-electron chi connectivity index (χ4n) is 2.66. The van der Waals surface area contributed by atoms with Crippen molar-refractivity contribution in [2.75, 3.05) is 13.7 Å². The molecule has 0 atom stereocenters. The Labute approximate surface area is 201 Å². The first-order valence-electron chi connectivity index (χ1n) is 9.81. The van der Waals surface area contributed by atoms with Crippen LogP contribution >= 0.6 is 11.6 Å². The molecule has 2 N–H and O–H groups in total. The van der Waals surface area contributed by atoms with E-state index in [-0.39, 0.29) is 16.4 Å². The topological polar surface area (TPSA) is 123 Å².